The molecule has 0 spiro atoms. The van der Waals surface area contributed by atoms with E-state index in [2.05, 4.69) is 15.3 Å². The second kappa shape index (κ2) is 7.89. The fraction of sp³-hybridized carbons (Fsp3) is 0.211. The summed E-state index contributed by atoms with van der Waals surface area (Å²) in [6.45, 7) is 3.29. The fourth-order valence-corrected chi connectivity index (χ4v) is 4.01. The highest BCUT2D eigenvalue weighted by molar-refractivity contribution is 7.92. The smallest absolute Gasteiger partial charge is 0.225 e. The third-order valence-corrected chi connectivity index (χ3v) is 6.40. The van der Waals surface area contributed by atoms with Crippen LogP contribution in [0.15, 0.2) is 59.9 Å². The van der Waals surface area contributed by atoms with Gasteiger partial charge in [-0.2, -0.15) is 0 Å². The van der Waals surface area contributed by atoms with Crippen LogP contribution in [0.4, 0.5) is 10.1 Å². The Hall–Kier alpha value is -3.07. The molecule has 146 valence electrons. The first-order chi connectivity index (χ1) is 13.3. The van der Waals surface area contributed by atoms with Crippen LogP contribution in [0.5, 0.6) is 0 Å². The van der Waals surface area contributed by atoms with E-state index in [1.165, 1.54) is 25.3 Å². The zero-order valence-corrected chi connectivity index (χ0v) is 16.1. The maximum Gasteiger partial charge on any atom is 0.225 e. The van der Waals surface area contributed by atoms with Gasteiger partial charge in [0.15, 0.2) is 9.84 Å². The Kier molecular flexibility index (Phi) is 5.55. The quantitative estimate of drug-likeness (QED) is 0.640. The fourth-order valence-electron chi connectivity index (χ4n) is 2.66. The second-order valence-corrected chi connectivity index (χ2v) is 8.68. The summed E-state index contributed by atoms with van der Waals surface area (Å²) in [5.74, 6) is 0.460. The van der Waals surface area contributed by atoms with Gasteiger partial charge in [0.05, 0.1) is 22.0 Å². The second-order valence-electron chi connectivity index (χ2n) is 6.31. The standard InChI is InChI=1S/C19H19FN4O3S/c1-13(28(26,27)17-6-3-15(20)4-7-17)11-19(25)23-16-5-8-18(22-12-16)24-10-9-21-14(24)2/h3-10,12-13H,11H2,1-2H3,(H,23,25). The van der Waals surface area contributed by atoms with E-state index in [1.807, 2.05) is 6.92 Å². The Morgan fingerprint density at radius 3 is 2.46 bits per heavy atom. The number of hydrogen-bond acceptors (Lipinski definition) is 5. The molecule has 0 aliphatic carbocycles. The summed E-state index contributed by atoms with van der Waals surface area (Å²) in [6.07, 6.45) is 4.70. The number of hydrogen-bond donors (Lipinski definition) is 1. The predicted molar refractivity (Wildman–Crippen MR) is 102 cm³/mol. The lowest BCUT2D eigenvalue weighted by Gasteiger charge is -2.13. The van der Waals surface area contributed by atoms with E-state index < -0.39 is 26.8 Å². The first-order valence-corrected chi connectivity index (χ1v) is 10.1. The van der Waals surface area contributed by atoms with Gasteiger partial charge >= 0.3 is 0 Å². The van der Waals surface area contributed by atoms with E-state index in [0.29, 0.717) is 11.5 Å². The molecule has 0 saturated carbocycles. The number of aromatic nitrogens is 3. The molecule has 0 saturated heterocycles. The highest BCUT2D eigenvalue weighted by Gasteiger charge is 2.25. The number of rotatable bonds is 6. The van der Waals surface area contributed by atoms with E-state index in [4.69, 9.17) is 0 Å². The van der Waals surface area contributed by atoms with E-state index in [-0.39, 0.29) is 11.3 Å². The van der Waals surface area contributed by atoms with Gasteiger partial charge in [-0.15, -0.1) is 0 Å². The predicted octanol–water partition coefficient (Wildman–Crippen LogP) is 2.91. The van der Waals surface area contributed by atoms with Crippen LogP contribution < -0.4 is 5.32 Å². The van der Waals surface area contributed by atoms with Crippen molar-refractivity contribution in [3.63, 3.8) is 0 Å². The number of halogens is 1. The molecular formula is C19H19FN4O3S. The minimum atomic E-state index is -3.74. The molecule has 3 aromatic rings. The van der Waals surface area contributed by atoms with E-state index in [0.717, 1.165) is 18.0 Å². The van der Waals surface area contributed by atoms with Gasteiger partial charge in [-0.1, -0.05) is 0 Å². The van der Waals surface area contributed by atoms with Gasteiger partial charge in [-0.25, -0.2) is 22.8 Å². The third-order valence-electron chi connectivity index (χ3n) is 4.25. The molecule has 1 aromatic carbocycles. The highest BCUT2D eigenvalue weighted by atomic mass is 32.2. The number of anilines is 1. The van der Waals surface area contributed by atoms with Crippen molar-refractivity contribution >= 4 is 21.4 Å². The van der Waals surface area contributed by atoms with Crippen LogP contribution in [0, 0.1) is 12.7 Å². The van der Waals surface area contributed by atoms with Crippen molar-refractivity contribution < 1.29 is 17.6 Å². The number of imidazole rings is 1. The van der Waals surface area contributed by atoms with Gasteiger partial charge in [0.1, 0.15) is 17.5 Å². The molecule has 3 rings (SSSR count). The minimum Gasteiger partial charge on any atom is -0.325 e. The molecule has 1 N–H and O–H groups in total. The number of nitrogens with zero attached hydrogens (tertiary/aromatic N) is 3. The Bertz CT molecular complexity index is 1080. The van der Waals surface area contributed by atoms with Crippen LogP contribution in [0.3, 0.4) is 0 Å². The van der Waals surface area contributed by atoms with Gasteiger partial charge in [0, 0.05) is 18.8 Å². The van der Waals surface area contributed by atoms with Crippen LogP contribution in [-0.2, 0) is 14.6 Å². The average Bonchev–Trinajstić information content (AvgIpc) is 3.08. The summed E-state index contributed by atoms with van der Waals surface area (Å²) >= 11 is 0. The van der Waals surface area contributed by atoms with Gasteiger partial charge in [0.2, 0.25) is 5.91 Å². The Morgan fingerprint density at radius 1 is 1.18 bits per heavy atom. The summed E-state index contributed by atoms with van der Waals surface area (Å²) in [5, 5.41) is 1.68. The highest BCUT2D eigenvalue weighted by Crippen LogP contribution is 2.19. The lowest BCUT2D eigenvalue weighted by Crippen LogP contribution is -2.25. The molecule has 2 aromatic heterocycles. The van der Waals surface area contributed by atoms with E-state index in [1.54, 1.807) is 29.1 Å². The van der Waals surface area contributed by atoms with Gasteiger partial charge < -0.3 is 5.32 Å². The maximum absolute atomic E-state index is 13.0. The molecule has 1 amide bonds. The van der Waals surface area contributed by atoms with Gasteiger partial charge in [-0.05, 0) is 50.2 Å². The first-order valence-electron chi connectivity index (χ1n) is 8.53. The molecular weight excluding hydrogens is 383 g/mol. The summed E-state index contributed by atoms with van der Waals surface area (Å²) in [7, 11) is -3.74. The van der Waals surface area contributed by atoms with E-state index >= 15 is 0 Å². The first kappa shape index (κ1) is 19.7. The van der Waals surface area contributed by atoms with Crippen molar-refractivity contribution in [2.75, 3.05) is 5.32 Å². The molecule has 9 heteroatoms. The zero-order valence-electron chi connectivity index (χ0n) is 15.3. The molecule has 2 heterocycles. The number of aryl methyl sites for hydroxylation is 1. The third kappa shape index (κ3) is 4.25. The maximum atomic E-state index is 13.0. The number of carbonyl (C=O) groups is 1. The van der Waals surface area contributed by atoms with Crippen LogP contribution in [0.1, 0.15) is 19.2 Å². The number of carbonyl (C=O) groups excluding carboxylic acids is 1. The molecule has 0 fully saturated rings. The molecule has 0 bridgehead atoms. The summed E-state index contributed by atoms with van der Waals surface area (Å²) in [5.41, 5.74) is 0.456. The minimum absolute atomic E-state index is 0.0177. The molecule has 7 nitrogen and oxygen atoms in total. The monoisotopic (exact) mass is 402 g/mol. The van der Waals surface area contributed by atoms with Gasteiger partial charge in [-0.3, -0.25) is 9.36 Å². The van der Waals surface area contributed by atoms with Crippen molar-refractivity contribution in [3.05, 3.63) is 66.6 Å². The molecule has 0 aliphatic rings. The normalized spacial score (nSPS) is 12.5. The molecule has 0 radical (unpaired) electrons. The molecule has 1 atom stereocenters. The van der Waals surface area contributed by atoms with Crippen LogP contribution >= 0.6 is 0 Å². The van der Waals surface area contributed by atoms with Crippen LogP contribution in [0.2, 0.25) is 0 Å². The van der Waals surface area contributed by atoms with Gasteiger partial charge in [0.25, 0.3) is 0 Å². The number of benzene rings is 1. The Balaban J connectivity index is 1.65. The summed E-state index contributed by atoms with van der Waals surface area (Å²) in [4.78, 5) is 20.6. The van der Waals surface area contributed by atoms with Crippen molar-refractivity contribution in [2.45, 2.75) is 30.4 Å². The van der Waals surface area contributed by atoms with Crippen molar-refractivity contribution in [3.8, 4) is 5.82 Å². The van der Waals surface area contributed by atoms with Crippen LogP contribution in [-0.4, -0.2) is 34.1 Å². The summed E-state index contributed by atoms with van der Waals surface area (Å²) in [6, 6.07) is 7.95. The zero-order chi connectivity index (χ0) is 20.3. The lowest BCUT2D eigenvalue weighted by atomic mass is 10.3. The largest absolute Gasteiger partial charge is 0.325 e. The molecule has 1 unspecified atom stereocenters. The SMILES string of the molecule is Cc1nccn1-c1ccc(NC(=O)CC(C)S(=O)(=O)c2ccc(F)cc2)cn1. The molecule has 28 heavy (non-hydrogen) atoms. The number of nitrogens with one attached hydrogen (secondary N) is 1. The number of sulfone groups is 1. The number of amides is 1. The average molecular weight is 402 g/mol. The Labute approximate surface area is 162 Å². The van der Waals surface area contributed by atoms with Crippen molar-refractivity contribution in [1.82, 2.24) is 14.5 Å². The topological polar surface area (TPSA) is 94.0 Å². The molecule has 0 aliphatic heterocycles. The number of pyridine rings is 1. The Morgan fingerprint density at radius 2 is 1.89 bits per heavy atom. The van der Waals surface area contributed by atoms with Crippen LogP contribution in [0.25, 0.3) is 5.82 Å². The van der Waals surface area contributed by atoms with Crippen molar-refractivity contribution in [2.24, 2.45) is 0 Å². The van der Waals surface area contributed by atoms with E-state index in [9.17, 15) is 17.6 Å². The summed E-state index contributed by atoms with van der Waals surface area (Å²) < 4.78 is 39.8. The van der Waals surface area contributed by atoms with Crippen molar-refractivity contribution in [1.29, 1.82) is 0 Å². The lowest BCUT2D eigenvalue weighted by molar-refractivity contribution is -0.116.